The van der Waals surface area contributed by atoms with E-state index in [1.54, 1.807) is 29.3 Å². The molecule has 9 nitrogen and oxygen atoms in total. The van der Waals surface area contributed by atoms with Crippen LogP contribution in [0.15, 0.2) is 29.0 Å². The van der Waals surface area contributed by atoms with E-state index < -0.39 is 0 Å². The lowest BCUT2D eigenvalue weighted by Gasteiger charge is -2.03. The van der Waals surface area contributed by atoms with Crippen molar-refractivity contribution in [2.75, 3.05) is 12.3 Å². The van der Waals surface area contributed by atoms with Crippen molar-refractivity contribution in [3.63, 3.8) is 0 Å². The molecule has 0 radical (unpaired) electrons. The minimum Gasteiger partial charge on any atom is -0.461 e. The Morgan fingerprint density at radius 3 is 3.04 bits per heavy atom. The van der Waals surface area contributed by atoms with E-state index in [0.29, 0.717) is 36.0 Å². The van der Waals surface area contributed by atoms with Crippen molar-refractivity contribution in [3.8, 4) is 11.6 Å². The first-order valence-corrected chi connectivity index (χ1v) is 9.88. The SMILES string of the molecule is Nc1nc2c(cnn2CCOSI)c2nc(-c3ccco3)nn12. The molecule has 0 aromatic carbocycles. The Kier molecular flexibility index (Phi) is 3.82. The van der Waals surface area contributed by atoms with Crippen LogP contribution in [0.1, 0.15) is 0 Å². The average Bonchev–Trinajstić information content (AvgIpc) is 3.26. The van der Waals surface area contributed by atoms with Crippen molar-refractivity contribution >= 4 is 53.0 Å². The number of nitrogen functional groups attached to an aromatic ring is 1. The topological polar surface area (TPSA) is 109 Å². The van der Waals surface area contributed by atoms with Crippen LogP contribution < -0.4 is 5.73 Å². The Hall–Kier alpha value is -1.86. The number of nitrogens with two attached hydrogens (primary N) is 1. The molecule has 0 unspecified atom stereocenters. The molecule has 0 aliphatic rings. The van der Waals surface area contributed by atoms with Crippen LogP contribution in [0.2, 0.25) is 0 Å². The average molecular weight is 443 g/mol. The van der Waals surface area contributed by atoms with Gasteiger partial charge in [0.25, 0.3) is 0 Å². The molecule has 118 valence electrons. The van der Waals surface area contributed by atoms with Gasteiger partial charge in [-0.15, -0.1) is 5.10 Å². The van der Waals surface area contributed by atoms with Gasteiger partial charge in [0.1, 0.15) is 0 Å². The number of furan rings is 1. The lowest BCUT2D eigenvalue weighted by molar-refractivity contribution is 0.346. The maximum atomic E-state index is 6.01. The van der Waals surface area contributed by atoms with Crippen LogP contribution in [0.3, 0.4) is 0 Å². The highest BCUT2D eigenvalue weighted by Gasteiger charge is 2.17. The van der Waals surface area contributed by atoms with Gasteiger partial charge in [0.2, 0.25) is 11.8 Å². The Morgan fingerprint density at radius 2 is 2.26 bits per heavy atom. The Morgan fingerprint density at radius 1 is 1.35 bits per heavy atom. The lowest BCUT2D eigenvalue weighted by Crippen LogP contribution is -2.08. The second kappa shape index (κ2) is 5.98. The van der Waals surface area contributed by atoms with Crippen molar-refractivity contribution in [1.82, 2.24) is 29.4 Å². The lowest BCUT2D eigenvalue weighted by atomic mass is 10.4. The number of anilines is 1. The minimum absolute atomic E-state index is 0.240. The van der Waals surface area contributed by atoms with Crippen molar-refractivity contribution in [2.24, 2.45) is 0 Å². The maximum Gasteiger partial charge on any atom is 0.225 e. The number of fused-ring (bicyclic) bond motifs is 3. The monoisotopic (exact) mass is 443 g/mol. The van der Waals surface area contributed by atoms with Crippen LogP contribution >= 0.6 is 30.4 Å². The molecule has 0 aliphatic carbocycles. The number of hydrogen-bond acceptors (Lipinski definition) is 8. The highest BCUT2D eigenvalue weighted by Crippen LogP contribution is 2.23. The van der Waals surface area contributed by atoms with Crippen LogP contribution in [0.5, 0.6) is 0 Å². The highest BCUT2D eigenvalue weighted by molar-refractivity contribution is 14.2. The molecule has 11 heteroatoms. The molecule has 4 aromatic rings. The second-order valence-corrected chi connectivity index (χ2v) is 6.05. The summed E-state index contributed by atoms with van der Waals surface area (Å²) in [6.07, 6.45) is 3.27. The Balaban J connectivity index is 1.84. The van der Waals surface area contributed by atoms with Crippen molar-refractivity contribution in [2.45, 2.75) is 6.54 Å². The van der Waals surface area contributed by atoms with Crippen LogP contribution in [-0.4, -0.2) is 36.0 Å². The van der Waals surface area contributed by atoms with E-state index in [1.807, 2.05) is 0 Å². The van der Waals surface area contributed by atoms with Gasteiger partial charge in [-0.25, -0.2) is 9.67 Å². The zero-order valence-corrected chi connectivity index (χ0v) is 14.6. The van der Waals surface area contributed by atoms with E-state index in [1.165, 1.54) is 13.7 Å². The maximum absolute atomic E-state index is 6.01. The Bertz CT molecular complexity index is 965. The van der Waals surface area contributed by atoms with Gasteiger partial charge in [0.05, 0.1) is 40.2 Å². The Labute approximate surface area is 146 Å². The summed E-state index contributed by atoms with van der Waals surface area (Å²) in [4.78, 5) is 8.88. The predicted molar refractivity (Wildman–Crippen MR) is 93.8 cm³/mol. The summed E-state index contributed by atoms with van der Waals surface area (Å²) in [7, 11) is 1.28. The van der Waals surface area contributed by atoms with Crippen LogP contribution in [-0.2, 0) is 10.7 Å². The molecule has 0 atom stereocenters. The predicted octanol–water partition coefficient (Wildman–Crippen LogP) is 2.33. The van der Waals surface area contributed by atoms with E-state index >= 15 is 0 Å². The summed E-state index contributed by atoms with van der Waals surface area (Å²) in [5, 5.41) is 9.45. The molecule has 0 amide bonds. The first-order valence-electron chi connectivity index (χ1n) is 6.60. The molecule has 4 aromatic heterocycles. The third-order valence-electron chi connectivity index (χ3n) is 3.27. The van der Waals surface area contributed by atoms with Crippen molar-refractivity contribution in [1.29, 1.82) is 0 Å². The van der Waals surface area contributed by atoms with Gasteiger partial charge in [0, 0.05) is 21.2 Å². The molecular formula is C12H10IN7O2S. The molecule has 0 fully saturated rings. The van der Waals surface area contributed by atoms with Gasteiger partial charge in [-0.2, -0.15) is 14.6 Å². The van der Waals surface area contributed by atoms with E-state index in [2.05, 4.69) is 41.4 Å². The molecule has 4 heterocycles. The largest absolute Gasteiger partial charge is 0.461 e. The highest BCUT2D eigenvalue weighted by atomic mass is 127. The summed E-state index contributed by atoms with van der Waals surface area (Å²) in [6, 6.07) is 3.57. The van der Waals surface area contributed by atoms with E-state index in [4.69, 9.17) is 14.3 Å². The summed E-state index contributed by atoms with van der Waals surface area (Å²) in [6.45, 7) is 1.09. The number of nitrogens with zero attached hydrogens (tertiary/aromatic N) is 6. The molecule has 4 rings (SSSR count). The molecule has 2 N–H and O–H groups in total. The summed E-state index contributed by atoms with van der Waals surface area (Å²) < 4.78 is 13.8. The van der Waals surface area contributed by atoms with Crippen molar-refractivity contribution < 1.29 is 8.60 Å². The fraction of sp³-hybridized carbons (Fsp3) is 0.167. The first kappa shape index (κ1) is 14.7. The molecule has 0 aliphatic heterocycles. The third-order valence-corrected chi connectivity index (χ3v) is 4.29. The standard InChI is InChI=1S/C12H10IN7O2S/c13-23-22-5-3-19-10-7(6-15-19)11-16-9(8-2-1-4-21-8)18-20(11)12(14)17-10/h1-2,4,6H,3,5H2,(H2,14,17). The summed E-state index contributed by atoms with van der Waals surface area (Å²) in [5.74, 6) is 1.26. The normalized spacial score (nSPS) is 11.7. The third kappa shape index (κ3) is 2.53. The number of rotatable bonds is 5. The number of hydrogen-bond donors (Lipinski definition) is 1. The van der Waals surface area contributed by atoms with Gasteiger partial charge in [0.15, 0.2) is 17.1 Å². The van der Waals surface area contributed by atoms with Gasteiger partial charge >= 0.3 is 0 Å². The molecule has 0 saturated carbocycles. The van der Waals surface area contributed by atoms with E-state index in [0.717, 1.165) is 5.39 Å². The number of aromatic nitrogens is 6. The summed E-state index contributed by atoms with van der Waals surface area (Å²) >= 11 is 2.07. The van der Waals surface area contributed by atoms with E-state index in [9.17, 15) is 0 Å². The zero-order valence-electron chi connectivity index (χ0n) is 11.6. The molecule has 0 spiro atoms. The molecule has 0 saturated heterocycles. The fourth-order valence-corrected chi connectivity index (χ4v) is 2.96. The van der Waals surface area contributed by atoms with Gasteiger partial charge in [-0.1, -0.05) is 0 Å². The molecule has 0 bridgehead atoms. The summed E-state index contributed by atoms with van der Waals surface area (Å²) in [5.41, 5.74) is 7.25. The quantitative estimate of drug-likeness (QED) is 0.285. The van der Waals surface area contributed by atoms with Crippen LogP contribution in [0.25, 0.3) is 28.3 Å². The number of halogens is 1. The molecule has 23 heavy (non-hydrogen) atoms. The zero-order chi connectivity index (χ0) is 15.8. The van der Waals surface area contributed by atoms with Gasteiger partial charge < -0.3 is 14.3 Å². The second-order valence-electron chi connectivity index (χ2n) is 4.61. The van der Waals surface area contributed by atoms with Crippen LogP contribution in [0, 0.1) is 0 Å². The first-order chi connectivity index (χ1) is 11.3. The van der Waals surface area contributed by atoms with Crippen molar-refractivity contribution in [3.05, 3.63) is 24.6 Å². The van der Waals surface area contributed by atoms with Gasteiger partial charge in [-0.05, 0) is 12.1 Å². The molecular weight excluding hydrogens is 433 g/mol. The van der Waals surface area contributed by atoms with Crippen LogP contribution in [0.4, 0.5) is 5.95 Å². The van der Waals surface area contributed by atoms with Gasteiger partial charge in [-0.3, -0.25) is 0 Å². The fourth-order valence-electron chi connectivity index (χ4n) is 2.29. The van der Waals surface area contributed by atoms with E-state index in [-0.39, 0.29) is 5.95 Å². The smallest absolute Gasteiger partial charge is 0.225 e. The minimum atomic E-state index is 0.240.